The van der Waals surface area contributed by atoms with Gasteiger partial charge in [-0.15, -0.1) is 0 Å². The zero-order chi connectivity index (χ0) is 16.8. The molecule has 7 nitrogen and oxygen atoms in total. The van der Waals surface area contributed by atoms with E-state index in [1.165, 1.54) is 14.2 Å². The van der Waals surface area contributed by atoms with Crippen LogP contribution in [0.15, 0.2) is 12.1 Å². The molecule has 1 aliphatic rings. The van der Waals surface area contributed by atoms with Gasteiger partial charge in [-0.1, -0.05) is 11.6 Å². The first-order valence-electron chi connectivity index (χ1n) is 7.20. The van der Waals surface area contributed by atoms with E-state index < -0.39 is 0 Å². The number of methoxy groups -OCH3 is 2. The molecule has 0 aromatic heterocycles. The maximum atomic E-state index is 12.2. The van der Waals surface area contributed by atoms with Crippen LogP contribution < -0.4 is 14.8 Å². The van der Waals surface area contributed by atoms with E-state index in [-0.39, 0.29) is 12.5 Å². The zero-order valence-electron chi connectivity index (χ0n) is 13.2. The quantitative estimate of drug-likeness (QED) is 0.784. The topological polar surface area (TPSA) is 71.1 Å². The summed E-state index contributed by atoms with van der Waals surface area (Å²) in [5, 5.41) is 3.22. The van der Waals surface area contributed by atoms with Crippen LogP contribution in [0.25, 0.3) is 0 Å². The molecule has 1 heterocycles. The first kappa shape index (κ1) is 17.4. The van der Waals surface area contributed by atoms with Crippen LogP contribution in [0, 0.1) is 0 Å². The number of carbonyl (C=O) groups is 2. The third-order valence-electron chi connectivity index (χ3n) is 3.67. The Morgan fingerprint density at radius 1 is 1.22 bits per heavy atom. The number of ether oxygens (including phenoxy) is 2. The van der Waals surface area contributed by atoms with Gasteiger partial charge in [-0.25, -0.2) is 0 Å². The molecule has 1 aliphatic heterocycles. The molecule has 0 aliphatic carbocycles. The van der Waals surface area contributed by atoms with Crippen LogP contribution >= 0.6 is 11.6 Å². The second-order valence-corrected chi connectivity index (χ2v) is 5.56. The Labute approximate surface area is 140 Å². The van der Waals surface area contributed by atoms with Gasteiger partial charge in [-0.05, 0) is 0 Å². The highest BCUT2D eigenvalue weighted by molar-refractivity contribution is 6.32. The number of hydrogen-bond acceptors (Lipinski definition) is 5. The van der Waals surface area contributed by atoms with Gasteiger partial charge < -0.3 is 19.7 Å². The second kappa shape index (κ2) is 8.03. The van der Waals surface area contributed by atoms with E-state index in [4.69, 9.17) is 21.1 Å². The van der Waals surface area contributed by atoms with Gasteiger partial charge in [0.1, 0.15) is 11.5 Å². The SMILES string of the molecule is COc1cc(NC(=O)CN2CCN(C=O)CC2)c(OC)cc1Cl. The lowest BCUT2D eigenvalue weighted by Crippen LogP contribution is -2.48. The molecule has 126 valence electrons. The number of anilines is 1. The van der Waals surface area contributed by atoms with Crippen LogP contribution in [-0.4, -0.2) is 69.1 Å². The number of benzene rings is 1. The molecule has 0 spiro atoms. The van der Waals surface area contributed by atoms with Crippen molar-refractivity contribution in [2.24, 2.45) is 0 Å². The molecule has 0 radical (unpaired) electrons. The zero-order valence-corrected chi connectivity index (χ0v) is 13.9. The minimum Gasteiger partial charge on any atom is -0.495 e. The summed E-state index contributed by atoms with van der Waals surface area (Å²) in [5.41, 5.74) is 0.505. The van der Waals surface area contributed by atoms with Gasteiger partial charge in [0.15, 0.2) is 0 Å². The Balaban J connectivity index is 1.98. The molecule has 0 atom stereocenters. The van der Waals surface area contributed by atoms with Gasteiger partial charge in [0.05, 0.1) is 31.5 Å². The van der Waals surface area contributed by atoms with Crippen molar-refractivity contribution in [2.45, 2.75) is 0 Å². The molecule has 2 amide bonds. The van der Waals surface area contributed by atoms with E-state index >= 15 is 0 Å². The van der Waals surface area contributed by atoms with Crippen LogP contribution in [0.1, 0.15) is 0 Å². The lowest BCUT2D eigenvalue weighted by molar-refractivity contribution is -0.120. The van der Waals surface area contributed by atoms with E-state index in [1.807, 2.05) is 4.90 Å². The lowest BCUT2D eigenvalue weighted by Gasteiger charge is -2.31. The third-order valence-corrected chi connectivity index (χ3v) is 3.97. The van der Waals surface area contributed by atoms with Crippen molar-refractivity contribution in [3.05, 3.63) is 17.2 Å². The van der Waals surface area contributed by atoms with Crippen molar-refractivity contribution in [1.29, 1.82) is 0 Å². The van der Waals surface area contributed by atoms with Crippen molar-refractivity contribution in [3.8, 4) is 11.5 Å². The summed E-state index contributed by atoms with van der Waals surface area (Å²) < 4.78 is 10.4. The molecule has 0 unspecified atom stereocenters. The number of carbonyl (C=O) groups excluding carboxylic acids is 2. The van der Waals surface area contributed by atoms with Crippen LogP contribution in [0.2, 0.25) is 5.02 Å². The van der Waals surface area contributed by atoms with E-state index in [9.17, 15) is 9.59 Å². The van der Waals surface area contributed by atoms with E-state index in [0.29, 0.717) is 48.4 Å². The molecule has 1 N–H and O–H groups in total. The molecule has 8 heteroatoms. The molecular formula is C15H20ClN3O4. The molecule has 1 saturated heterocycles. The van der Waals surface area contributed by atoms with Gasteiger partial charge in [-0.3, -0.25) is 14.5 Å². The molecular weight excluding hydrogens is 322 g/mol. The van der Waals surface area contributed by atoms with E-state index in [1.54, 1.807) is 17.0 Å². The minimum atomic E-state index is -0.160. The van der Waals surface area contributed by atoms with Crippen LogP contribution in [0.5, 0.6) is 11.5 Å². The molecule has 0 bridgehead atoms. The number of nitrogens with zero attached hydrogens (tertiary/aromatic N) is 2. The lowest BCUT2D eigenvalue weighted by atomic mass is 10.2. The highest BCUT2D eigenvalue weighted by Gasteiger charge is 2.19. The molecule has 1 fully saturated rings. The van der Waals surface area contributed by atoms with Crippen molar-refractivity contribution < 1.29 is 19.1 Å². The van der Waals surface area contributed by atoms with Crippen LogP contribution in [0.4, 0.5) is 5.69 Å². The molecule has 2 rings (SSSR count). The first-order chi connectivity index (χ1) is 11.1. The predicted molar refractivity (Wildman–Crippen MR) is 87.3 cm³/mol. The average Bonchev–Trinajstić information content (AvgIpc) is 2.56. The number of piperazine rings is 1. The Kier molecular flexibility index (Phi) is 6.06. The Morgan fingerprint density at radius 3 is 2.43 bits per heavy atom. The maximum Gasteiger partial charge on any atom is 0.238 e. The summed E-state index contributed by atoms with van der Waals surface area (Å²) >= 11 is 6.04. The first-order valence-corrected chi connectivity index (χ1v) is 7.58. The Morgan fingerprint density at radius 2 is 1.87 bits per heavy atom. The summed E-state index contributed by atoms with van der Waals surface area (Å²) in [6, 6.07) is 3.22. The van der Waals surface area contributed by atoms with Crippen LogP contribution in [0.3, 0.4) is 0 Å². The standard InChI is InChI=1S/C15H20ClN3O4/c1-22-13-8-12(14(23-2)7-11(13)16)17-15(21)9-18-3-5-19(10-20)6-4-18/h7-8,10H,3-6,9H2,1-2H3,(H,17,21). The summed E-state index contributed by atoms with van der Waals surface area (Å²) in [6.07, 6.45) is 0.836. The minimum absolute atomic E-state index is 0.160. The van der Waals surface area contributed by atoms with Crippen molar-refractivity contribution >= 4 is 29.6 Å². The normalized spacial score (nSPS) is 15.2. The molecule has 1 aromatic carbocycles. The number of rotatable bonds is 6. The molecule has 0 saturated carbocycles. The third kappa shape index (κ3) is 4.49. The van der Waals surface area contributed by atoms with Gasteiger partial charge in [0, 0.05) is 38.3 Å². The van der Waals surface area contributed by atoms with E-state index in [0.717, 1.165) is 6.41 Å². The fraction of sp³-hybridized carbons (Fsp3) is 0.467. The maximum absolute atomic E-state index is 12.2. The van der Waals surface area contributed by atoms with Gasteiger partial charge in [0.2, 0.25) is 12.3 Å². The van der Waals surface area contributed by atoms with Crippen LogP contribution in [-0.2, 0) is 9.59 Å². The van der Waals surface area contributed by atoms with Gasteiger partial charge in [-0.2, -0.15) is 0 Å². The van der Waals surface area contributed by atoms with Crippen molar-refractivity contribution in [3.63, 3.8) is 0 Å². The van der Waals surface area contributed by atoms with Crippen molar-refractivity contribution in [1.82, 2.24) is 9.80 Å². The Bertz CT molecular complexity index is 574. The highest BCUT2D eigenvalue weighted by Crippen LogP contribution is 2.35. The summed E-state index contributed by atoms with van der Waals surface area (Å²) in [4.78, 5) is 26.6. The smallest absolute Gasteiger partial charge is 0.238 e. The van der Waals surface area contributed by atoms with Gasteiger partial charge in [0.25, 0.3) is 0 Å². The second-order valence-electron chi connectivity index (χ2n) is 5.15. The van der Waals surface area contributed by atoms with E-state index in [2.05, 4.69) is 5.32 Å². The largest absolute Gasteiger partial charge is 0.495 e. The predicted octanol–water partition coefficient (Wildman–Crippen LogP) is 1.07. The fourth-order valence-electron chi connectivity index (χ4n) is 2.38. The number of hydrogen-bond donors (Lipinski definition) is 1. The average molecular weight is 342 g/mol. The number of halogens is 1. The molecule has 23 heavy (non-hydrogen) atoms. The van der Waals surface area contributed by atoms with Gasteiger partial charge >= 0.3 is 0 Å². The fourth-order valence-corrected chi connectivity index (χ4v) is 2.61. The van der Waals surface area contributed by atoms with Crippen molar-refractivity contribution in [2.75, 3.05) is 52.3 Å². The number of amides is 2. The summed E-state index contributed by atoms with van der Waals surface area (Å²) in [7, 11) is 3.01. The summed E-state index contributed by atoms with van der Waals surface area (Å²) in [6.45, 7) is 2.87. The monoisotopic (exact) mass is 341 g/mol. The summed E-state index contributed by atoms with van der Waals surface area (Å²) in [5.74, 6) is 0.768. The highest BCUT2D eigenvalue weighted by atomic mass is 35.5. The Hall–Kier alpha value is -1.99. The number of nitrogens with one attached hydrogen (secondary N) is 1. The molecule has 1 aromatic rings.